The molecule has 1 aromatic heterocycles. The van der Waals surface area contributed by atoms with Crippen LogP contribution in [0, 0.1) is 13.8 Å². The third-order valence-corrected chi connectivity index (χ3v) is 7.62. The average molecular weight is 535 g/mol. The van der Waals surface area contributed by atoms with Gasteiger partial charge in [-0.25, -0.2) is 4.98 Å². The molecule has 0 saturated carbocycles. The number of aryl methyl sites for hydroxylation is 2. The van der Waals surface area contributed by atoms with E-state index >= 15 is 0 Å². The topological polar surface area (TPSA) is 70.5 Å². The number of amides is 1. The Morgan fingerprint density at radius 2 is 1.66 bits per heavy atom. The molecule has 9 heteroatoms. The minimum absolute atomic E-state index is 0.0848. The number of aromatic nitrogens is 1. The highest BCUT2D eigenvalue weighted by Gasteiger charge is 2.46. The third kappa shape index (κ3) is 4.39. The van der Waals surface area contributed by atoms with E-state index in [9.17, 15) is 27.9 Å². The highest BCUT2D eigenvalue weighted by Crippen LogP contribution is 2.45. The number of anilines is 1. The zero-order chi connectivity index (χ0) is 27.2. The van der Waals surface area contributed by atoms with Gasteiger partial charge < -0.3 is 5.11 Å². The van der Waals surface area contributed by atoms with Crippen molar-refractivity contribution in [2.75, 3.05) is 4.90 Å². The predicted molar refractivity (Wildman–Crippen MR) is 139 cm³/mol. The van der Waals surface area contributed by atoms with Crippen molar-refractivity contribution in [1.82, 2.24) is 4.98 Å². The molecule has 5 rings (SSSR count). The number of aliphatic hydroxyl groups is 1. The first-order valence-corrected chi connectivity index (χ1v) is 12.5. The Morgan fingerprint density at radius 1 is 0.974 bits per heavy atom. The molecule has 38 heavy (non-hydrogen) atoms. The molecule has 0 bridgehead atoms. The van der Waals surface area contributed by atoms with Crippen LogP contribution in [0.15, 0.2) is 90.2 Å². The Hall–Kier alpha value is -4.24. The van der Waals surface area contributed by atoms with E-state index in [4.69, 9.17) is 0 Å². The van der Waals surface area contributed by atoms with E-state index in [1.54, 1.807) is 38.1 Å². The van der Waals surface area contributed by atoms with Crippen molar-refractivity contribution in [1.29, 1.82) is 0 Å². The number of benzene rings is 3. The second kappa shape index (κ2) is 9.57. The SMILES string of the molecule is Cc1ccccc1C1C(C(=O)c2sc(-c3ccccc3)nc2C)=C(O)C(=O)N1c1cccc(C(F)(F)F)c1. The molecule has 2 heterocycles. The Balaban J connectivity index is 1.66. The number of carbonyl (C=O) groups excluding carboxylic acids is 2. The molecule has 3 aromatic carbocycles. The number of halogens is 3. The Bertz CT molecular complexity index is 1590. The number of aliphatic hydroxyl groups excluding tert-OH is 1. The fourth-order valence-electron chi connectivity index (χ4n) is 4.56. The Kier molecular flexibility index (Phi) is 6.40. The van der Waals surface area contributed by atoms with E-state index in [0.29, 0.717) is 21.8 Å². The van der Waals surface area contributed by atoms with Crippen LogP contribution in [-0.2, 0) is 11.0 Å². The van der Waals surface area contributed by atoms with Gasteiger partial charge in [0.1, 0.15) is 5.01 Å². The molecule has 0 radical (unpaired) electrons. The summed E-state index contributed by atoms with van der Waals surface area (Å²) < 4.78 is 40.5. The zero-order valence-electron chi connectivity index (χ0n) is 20.3. The first kappa shape index (κ1) is 25.4. The molecule has 1 atom stereocenters. The molecule has 0 saturated heterocycles. The van der Waals surface area contributed by atoms with Crippen LogP contribution in [0.3, 0.4) is 0 Å². The summed E-state index contributed by atoms with van der Waals surface area (Å²) in [7, 11) is 0. The van der Waals surface area contributed by atoms with Gasteiger partial charge in [-0.05, 0) is 43.2 Å². The Morgan fingerprint density at radius 3 is 2.34 bits per heavy atom. The quantitative estimate of drug-likeness (QED) is 0.274. The lowest BCUT2D eigenvalue weighted by atomic mass is 9.92. The van der Waals surface area contributed by atoms with Crippen molar-refractivity contribution in [3.63, 3.8) is 0 Å². The van der Waals surface area contributed by atoms with Gasteiger partial charge in [0.05, 0.1) is 27.7 Å². The highest BCUT2D eigenvalue weighted by atomic mass is 32.1. The van der Waals surface area contributed by atoms with Gasteiger partial charge in [0.2, 0.25) is 5.78 Å². The lowest BCUT2D eigenvalue weighted by Gasteiger charge is -2.28. The first-order chi connectivity index (χ1) is 18.1. The van der Waals surface area contributed by atoms with Crippen LogP contribution in [0.2, 0.25) is 0 Å². The van der Waals surface area contributed by atoms with Crippen LogP contribution < -0.4 is 4.90 Å². The second-order valence-corrected chi connectivity index (χ2v) is 9.87. The molecule has 1 unspecified atom stereocenters. The first-order valence-electron chi connectivity index (χ1n) is 11.6. The van der Waals surface area contributed by atoms with Crippen molar-refractivity contribution < 1.29 is 27.9 Å². The molecule has 4 aromatic rings. The lowest BCUT2D eigenvalue weighted by molar-refractivity contribution is -0.137. The fourth-order valence-corrected chi connectivity index (χ4v) is 5.58. The van der Waals surface area contributed by atoms with Crippen LogP contribution in [0.5, 0.6) is 0 Å². The summed E-state index contributed by atoms with van der Waals surface area (Å²) in [5.74, 6) is -2.35. The van der Waals surface area contributed by atoms with Gasteiger partial charge in [0.25, 0.3) is 5.91 Å². The molecule has 1 N–H and O–H groups in total. The van der Waals surface area contributed by atoms with E-state index in [-0.39, 0.29) is 16.1 Å². The maximum absolute atomic E-state index is 14.0. The van der Waals surface area contributed by atoms with Crippen molar-refractivity contribution >= 4 is 28.7 Å². The van der Waals surface area contributed by atoms with Crippen LogP contribution in [-0.4, -0.2) is 21.8 Å². The number of Topliss-reactive ketones (excluding diaryl/α,β-unsaturated/α-hetero) is 1. The number of carbonyl (C=O) groups is 2. The standard InChI is InChI=1S/C29H21F3N2O3S/c1-16-9-6-7-14-21(16)23-22(24(35)26-17(2)33-27(38-26)18-10-4-3-5-11-18)25(36)28(37)34(23)20-13-8-12-19(15-20)29(30,31)32/h3-15,23,36H,1-2H3. The Labute approximate surface area is 220 Å². The molecule has 192 valence electrons. The molecule has 1 amide bonds. The van der Waals surface area contributed by atoms with Crippen LogP contribution in [0.25, 0.3) is 10.6 Å². The zero-order valence-corrected chi connectivity index (χ0v) is 21.1. The summed E-state index contributed by atoms with van der Waals surface area (Å²) in [6.45, 7) is 3.44. The number of thiazole rings is 1. The molecular weight excluding hydrogens is 513 g/mol. The van der Waals surface area contributed by atoms with E-state index in [0.717, 1.165) is 33.9 Å². The smallest absolute Gasteiger partial charge is 0.416 e. The van der Waals surface area contributed by atoms with E-state index in [2.05, 4.69) is 4.98 Å². The summed E-state index contributed by atoms with van der Waals surface area (Å²) >= 11 is 1.13. The van der Waals surface area contributed by atoms with Gasteiger partial charge in [-0.2, -0.15) is 13.2 Å². The summed E-state index contributed by atoms with van der Waals surface area (Å²) in [6, 6.07) is 19.4. The molecule has 0 fully saturated rings. The number of nitrogens with zero attached hydrogens (tertiary/aromatic N) is 2. The third-order valence-electron chi connectivity index (χ3n) is 6.41. The van der Waals surface area contributed by atoms with Gasteiger partial charge >= 0.3 is 6.18 Å². The van der Waals surface area contributed by atoms with Crippen molar-refractivity contribution in [2.24, 2.45) is 0 Å². The summed E-state index contributed by atoms with van der Waals surface area (Å²) in [4.78, 5) is 33.2. The van der Waals surface area contributed by atoms with Crippen LogP contribution >= 0.6 is 11.3 Å². The van der Waals surface area contributed by atoms with Gasteiger partial charge in [-0.1, -0.05) is 60.7 Å². The van der Waals surface area contributed by atoms with Crippen LogP contribution in [0.1, 0.15) is 38.1 Å². The maximum Gasteiger partial charge on any atom is 0.416 e. The molecule has 0 spiro atoms. The minimum atomic E-state index is -4.64. The second-order valence-electron chi connectivity index (χ2n) is 8.87. The molecule has 0 aliphatic carbocycles. The van der Waals surface area contributed by atoms with Gasteiger partial charge in [0, 0.05) is 11.3 Å². The number of ketones is 1. The van der Waals surface area contributed by atoms with E-state index < -0.39 is 35.2 Å². The van der Waals surface area contributed by atoms with Gasteiger partial charge in [-0.15, -0.1) is 11.3 Å². The largest absolute Gasteiger partial charge is 0.503 e. The summed E-state index contributed by atoms with van der Waals surface area (Å²) in [6.07, 6.45) is -4.64. The van der Waals surface area contributed by atoms with E-state index in [1.807, 2.05) is 30.3 Å². The number of rotatable bonds is 5. The fraction of sp³-hybridized carbons (Fsp3) is 0.138. The normalized spacial score (nSPS) is 15.9. The van der Waals surface area contributed by atoms with E-state index in [1.165, 1.54) is 12.1 Å². The monoisotopic (exact) mass is 534 g/mol. The molecular formula is C29H21F3N2O3S. The van der Waals surface area contributed by atoms with Gasteiger partial charge in [0.15, 0.2) is 5.76 Å². The number of alkyl halides is 3. The molecule has 1 aliphatic heterocycles. The lowest BCUT2D eigenvalue weighted by Crippen LogP contribution is -2.31. The number of hydrogen-bond acceptors (Lipinski definition) is 5. The molecule has 1 aliphatic rings. The van der Waals surface area contributed by atoms with Gasteiger partial charge in [-0.3, -0.25) is 14.5 Å². The van der Waals surface area contributed by atoms with Crippen LogP contribution in [0.4, 0.5) is 18.9 Å². The minimum Gasteiger partial charge on any atom is -0.503 e. The molecule has 5 nitrogen and oxygen atoms in total. The summed E-state index contributed by atoms with van der Waals surface area (Å²) in [5, 5.41) is 11.6. The maximum atomic E-state index is 14.0. The van der Waals surface area contributed by atoms with Crippen molar-refractivity contribution in [3.05, 3.63) is 117 Å². The summed E-state index contributed by atoms with van der Waals surface area (Å²) in [5.41, 5.74) is 1.21. The highest BCUT2D eigenvalue weighted by molar-refractivity contribution is 7.17. The predicted octanol–water partition coefficient (Wildman–Crippen LogP) is 7.23. The van der Waals surface area contributed by atoms with Crippen molar-refractivity contribution in [3.8, 4) is 10.6 Å². The number of hydrogen-bond donors (Lipinski definition) is 1. The van der Waals surface area contributed by atoms with Crippen molar-refractivity contribution in [2.45, 2.75) is 26.1 Å². The average Bonchev–Trinajstić information content (AvgIpc) is 3.41.